The molecule has 2 atom stereocenters. The minimum absolute atomic E-state index is 0.172. The van der Waals surface area contributed by atoms with E-state index in [2.05, 4.69) is 52.7 Å². The van der Waals surface area contributed by atoms with Crippen molar-refractivity contribution < 1.29 is 14.3 Å². The van der Waals surface area contributed by atoms with Gasteiger partial charge in [-0.1, -0.05) is 67.1 Å². The van der Waals surface area contributed by atoms with Gasteiger partial charge in [-0.05, 0) is 36.1 Å². The van der Waals surface area contributed by atoms with Crippen molar-refractivity contribution in [1.82, 2.24) is 10.2 Å². The van der Waals surface area contributed by atoms with Gasteiger partial charge in [-0.25, -0.2) is 0 Å². The number of nitrogens with one attached hydrogen (secondary N) is 1. The monoisotopic (exact) mass is 470 g/mol. The molecule has 0 aromatic heterocycles. The fraction of sp³-hybridized carbons (Fsp3) is 0.367. The zero-order valence-electron chi connectivity index (χ0n) is 20.6. The third-order valence-corrected chi connectivity index (χ3v) is 7.57. The molecule has 5 rings (SSSR count). The Morgan fingerprint density at radius 1 is 0.914 bits per heavy atom. The zero-order valence-corrected chi connectivity index (χ0v) is 20.6. The van der Waals surface area contributed by atoms with Crippen molar-refractivity contribution in [3.05, 3.63) is 83.9 Å². The number of likely N-dealkylation sites (tertiary alicyclic amines) is 1. The van der Waals surface area contributed by atoms with E-state index in [0.29, 0.717) is 6.42 Å². The zero-order chi connectivity index (χ0) is 24.3. The van der Waals surface area contributed by atoms with Crippen molar-refractivity contribution in [3.63, 3.8) is 0 Å². The normalized spacial score (nSPS) is 22.6. The van der Waals surface area contributed by atoms with Gasteiger partial charge in [0.15, 0.2) is 0 Å². The molecule has 2 aliphatic heterocycles. The summed E-state index contributed by atoms with van der Waals surface area (Å²) in [7, 11) is 3.44. The number of carbonyl (C=O) groups excluding carboxylic acids is 1. The average Bonchev–Trinajstić information content (AvgIpc) is 3.11. The van der Waals surface area contributed by atoms with Crippen LogP contribution in [0.1, 0.15) is 42.7 Å². The first kappa shape index (κ1) is 23.4. The number of amides is 1. The van der Waals surface area contributed by atoms with Gasteiger partial charge in [0, 0.05) is 43.1 Å². The Labute approximate surface area is 208 Å². The highest BCUT2D eigenvalue weighted by Gasteiger charge is 2.49. The summed E-state index contributed by atoms with van der Waals surface area (Å²) < 4.78 is 11.3. The summed E-state index contributed by atoms with van der Waals surface area (Å²) in [4.78, 5) is 15.2. The second-order valence-electron chi connectivity index (χ2n) is 9.77. The Bertz CT molecular complexity index is 1180. The largest absolute Gasteiger partial charge is 0.496 e. The van der Waals surface area contributed by atoms with Gasteiger partial charge in [0.1, 0.15) is 11.5 Å². The number of methoxy groups -OCH3 is 2. The lowest BCUT2D eigenvalue weighted by molar-refractivity contribution is -0.122. The molecule has 35 heavy (non-hydrogen) atoms. The molecule has 0 bridgehead atoms. The standard InChI is InChI=1S/C30H34N2O3/c1-34-27-11-5-3-9-24(27)23-16-14-22(15-17-23)19-32-20-26(25-10-4-6-12-28(25)35-2)30(21-32)18-8-7-13-29(33)31-30/h3-6,9-12,14-17,26H,7-8,13,18-21H2,1-2H3,(H,31,33)/t26-,30+/m0/s1. The fourth-order valence-electron chi connectivity index (χ4n) is 5.92. The SMILES string of the molecule is COc1ccccc1-c1ccc(CN2C[C@@H](c3ccccc3OC)[C@@]3(CCCCC(=O)N3)C2)cc1. The van der Waals surface area contributed by atoms with E-state index in [4.69, 9.17) is 9.47 Å². The summed E-state index contributed by atoms with van der Waals surface area (Å²) in [6.45, 7) is 2.57. The third kappa shape index (κ3) is 4.78. The van der Waals surface area contributed by atoms with E-state index in [1.165, 1.54) is 11.1 Å². The predicted molar refractivity (Wildman–Crippen MR) is 139 cm³/mol. The molecule has 0 radical (unpaired) electrons. The first-order valence-corrected chi connectivity index (χ1v) is 12.5. The molecule has 3 aromatic rings. The molecule has 1 spiro atoms. The maximum absolute atomic E-state index is 12.7. The van der Waals surface area contributed by atoms with Crippen LogP contribution in [0, 0.1) is 0 Å². The molecule has 2 fully saturated rings. The summed E-state index contributed by atoms with van der Waals surface area (Å²) in [5.41, 5.74) is 4.43. The summed E-state index contributed by atoms with van der Waals surface area (Å²) in [6.07, 6.45) is 3.62. The number of hydrogen-bond acceptors (Lipinski definition) is 4. The lowest BCUT2D eigenvalue weighted by Gasteiger charge is -2.35. The van der Waals surface area contributed by atoms with Gasteiger partial charge in [-0.15, -0.1) is 0 Å². The number of ether oxygens (including phenoxy) is 2. The van der Waals surface area contributed by atoms with Crippen molar-refractivity contribution in [2.75, 3.05) is 27.3 Å². The van der Waals surface area contributed by atoms with Gasteiger partial charge < -0.3 is 14.8 Å². The number of para-hydroxylation sites is 2. The molecule has 2 aliphatic rings. The van der Waals surface area contributed by atoms with Gasteiger partial charge in [0.05, 0.1) is 19.8 Å². The van der Waals surface area contributed by atoms with Crippen LogP contribution in [0.15, 0.2) is 72.8 Å². The number of benzene rings is 3. The van der Waals surface area contributed by atoms with E-state index in [-0.39, 0.29) is 17.4 Å². The van der Waals surface area contributed by atoms with Crippen LogP contribution in [-0.4, -0.2) is 43.7 Å². The molecule has 5 nitrogen and oxygen atoms in total. The molecule has 1 N–H and O–H groups in total. The maximum atomic E-state index is 12.7. The van der Waals surface area contributed by atoms with Crippen LogP contribution in [0.4, 0.5) is 0 Å². The van der Waals surface area contributed by atoms with Gasteiger partial charge in [0.25, 0.3) is 0 Å². The summed E-state index contributed by atoms with van der Waals surface area (Å²) in [6, 6.07) is 25.1. The molecule has 0 saturated carbocycles. The lowest BCUT2D eigenvalue weighted by atomic mass is 9.78. The summed E-state index contributed by atoms with van der Waals surface area (Å²) in [5.74, 6) is 2.14. The molecule has 3 aromatic carbocycles. The molecule has 5 heteroatoms. The van der Waals surface area contributed by atoms with Gasteiger partial charge in [0.2, 0.25) is 5.91 Å². The number of nitrogens with zero attached hydrogens (tertiary/aromatic N) is 1. The Balaban J connectivity index is 1.40. The highest BCUT2D eigenvalue weighted by Crippen LogP contribution is 2.44. The van der Waals surface area contributed by atoms with Crippen molar-refractivity contribution >= 4 is 5.91 Å². The molecule has 2 heterocycles. The van der Waals surface area contributed by atoms with E-state index in [9.17, 15) is 4.79 Å². The average molecular weight is 471 g/mol. The molecule has 1 amide bonds. The van der Waals surface area contributed by atoms with Crippen LogP contribution < -0.4 is 14.8 Å². The van der Waals surface area contributed by atoms with E-state index in [1.54, 1.807) is 14.2 Å². The van der Waals surface area contributed by atoms with E-state index in [1.807, 2.05) is 30.3 Å². The van der Waals surface area contributed by atoms with Crippen LogP contribution in [0.2, 0.25) is 0 Å². The Morgan fingerprint density at radius 3 is 2.40 bits per heavy atom. The van der Waals surface area contributed by atoms with Crippen LogP contribution in [-0.2, 0) is 11.3 Å². The Kier molecular flexibility index (Phi) is 6.78. The highest BCUT2D eigenvalue weighted by atomic mass is 16.5. The van der Waals surface area contributed by atoms with Crippen LogP contribution in [0.3, 0.4) is 0 Å². The van der Waals surface area contributed by atoms with Crippen molar-refractivity contribution in [1.29, 1.82) is 0 Å². The van der Waals surface area contributed by atoms with Crippen LogP contribution >= 0.6 is 0 Å². The van der Waals surface area contributed by atoms with E-state index < -0.39 is 0 Å². The fourth-order valence-corrected chi connectivity index (χ4v) is 5.92. The van der Waals surface area contributed by atoms with E-state index in [0.717, 1.165) is 61.5 Å². The van der Waals surface area contributed by atoms with Crippen LogP contribution in [0.25, 0.3) is 11.1 Å². The third-order valence-electron chi connectivity index (χ3n) is 7.57. The smallest absolute Gasteiger partial charge is 0.220 e. The van der Waals surface area contributed by atoms with Crippen molar-refractivity contribution in [2.45, 2.75) is 43.7 Å². The molecule has 0 aliphatic carbocycles. The maximum Gasteiger partial charge on any atom is 0.220 e. The van der Waals surface area contributed by atoms with E-state index >= 15 is 0 Å². The first-order chi connectivity index (χ1) is 17.1. The van der Waals surface area contributed by atoms with Crippen molar-refractivity contribution in [2.24, 2.45) is 0 Å². The first-order valence-electron chi connectivity index (χ1n) is 12.5. The van der Waals surface area contributed by atoms with Crippen LogP contribution in [0.5, 0.6) is 11.5 Å². The topological polar surface area (TPSA) is 50.8 Å². The molecular formula is C30H34N2O3. The van der Waals surface area contributed by atoms with Crippen molar-refractivity contribution in [3.8, 4) is 22.6 Å². The number of hydrogen-bond donors (Lipinski definition) is 1. The second kappa shape index (κ2) is 10.1. The number of carbonyl (C=O) groups is 1. The molecular weight excluding hydrogens is 436 g/mol. The molecule has 182 valence electrons. The Hall–Kier alpha value is -3.31. The quantitative estimate of drug-likeness (QED) is 0.524. The summed E-state index contributed by atoms with van der Waals surface area (Å²) in [5, 5.41) is 3.46. The molecule has 2 saturated heterocycles. The highest BCUT2D eigenvalue weighted by molar-refractivity contribution is 5.77. The van der Waals surface area contributed by atoms with Gasteiger partial charge >= 0.3 is 0 Å². The number of rotatable bonds is 6. The predicted octanol–water partition coefficient (Wildman–Crippen LogP) is 5.40. The van der Waals surface area contributed by atoms with Gasteiger partial charge in [-0.2, -0.15) is 0 Å². The Morgan fingerprint density at radius 2 is 1.63 bits per heavy atom. The minimum Gasteiger partial charge on any atom is -0.496 e. The summed E-state index contributed by atoms with van der Waals surface area (Å²) >= 11 is 0. The molecule has 0 unspecified atom stereocenters. The minimum atomic E-state index is -0.264. The lowest BCUT2D eigenvalue weighted by Crippen LogP contribution is -2.52. The second-order valence-corrected chi connectivity index (χ2v) is 9.77. The van der Waals surface area contributed by atoms with Gasteiger partial charge in [-0.3, -0.25) is 9.69 Å².